The summed E-state index contributed by atoms with van der Waals surface area (Å²) < 4.78 is 10.5. The predicted octanol–water partition coefficient (Wildman–Crippen LogP) is 3.63. The SMILES string of the molecule is COc1ccc(/C=C/C(=O)NCc2ccc(N3CCCC3)cc2)c(OC)c1. The van der Waals surface area contributed by atoms with Gasteiger partial charge in [0.25, 0.3) is 0 Å². The monoisotopic (exact) mass is 366 g/mol. The fourth-order valence-corrected chi connectivity index (χ4v) is 3.17. The maximum Gasteiger partial charge on any atom is 0.244 e. The van der Waals surface area contributed by atoms with Crippen LogP contribution in [0.5, 0.6) is 11.5 Å². The van der Waals surface area contributed by atoms with Crippen LogP contribution in [-0.4, -0.2) is 33.2 Å². The lowest BCUT2D eigenvalue weighted by molar-refractivity contribution is -0.116. The van der Waals surface area contributed by atoms with Crippen LogP contribution in [0.15, 0.2) is 48.5 Å². The molecule has 5 heteroatoms. The Balaban J connectivity index is 1.54. The molecule has 1 saturated heterocycles. The van der Waals surface area contributed by atoms with Gasteiger partial charge < -0.3 is 19.7 Å². The van der Waals surface area contributed by atoms with E-state index in [0.29, 0.717) is 18.0 Å². The predicted molar refractivity (Wildman–Crippen MR) is 108 cm³/mol. The van der Waals surface area contributed by atoms with Crippen LogP contribution < -0.4 is 19.7 Å². The van der Waals surface area contributed by atoms with Gasteiger partial charge in [0.15, 0.2) is 0 Å². The first-order valence-corrected chi connectivity index (χ1v) is 9.21. The molecule has 2 aromatic rings. The minimum Gasteiger partial charge on any atom is -0.497 e. The fourth-order valence-electron chi connectivity index (χ4n) is 3.17. The van der Waals surface area contributed by atoms with Crippen molar-refractivity contribution in [3.63, 3.8) is 0 Å². The molecule has 0 bridgehead atoms. The second-order valence-corrected chi connectivity index (χ2v) is 6.52. The summed E-state index contributed by atoms with van der Waals surface area (Å²) >= 11 is 0. The zero-order valence-corrected chi connectivity index (χ0v) is 15.9. The summed E-state index contributed by atoms with van der Waals surface area (Å²) in [5.41, 5.74) is 3.17. The summed E-state index contributed by atoms with van der Waals surface area (Å²) in [5.74, 6) is 1.23. The summed E-state index contributed by atoms with van der Waals surface area (Å²) in [6.07, 6.45) is 5.79. The summed E-state index contributed by atoms with van der Waals surface area (Å²) in [6, 6.07) is 13.9. The minimum absolute atomic E-state index is 0.142. The van der Waals surface area contributed by atoms with Crippen LogP contribution in [-0.2, 0) is 11.3 Å². The summed E-state index contributed by atoms with van der Waals surface area (Å²) in [4.78, 5) is 14.5. The van der Waals surface area contributed by atoms with E-state index >= 15 is 0 Å². The number of nitrogens with one attached hydrogen (secondary N) is 1. The number of rotatable bonds is 7. The number of anilines is 1. The van der Waals surface area contributed by atoms with Gasteiger partial charge in [-0.25, -0.2) is 0 Å². The first-order valence-electron chi connectivity index (χ1n) is 9.21. The summed E-state index contributed by atoms with van der Waals surface area (Å²) in [5, 5.41) is 2.91. The van der Waals surface area contributed by atoms with E-state index in [4.69, 9.17) is 9.47 Å². The average molecular weight is 366 g/mol. The Morgan fingerprint density at radius 1 is 1.07 bits per heavy atom. The second kappa shape index (κ2) is 9.12. The van der Waals surface area contributed by atoms with Gasteiger partial charge in [0.2, 0.25) is 5.91 Å². The van der Waals surface area contributed by atoms with Gasteiger partial charge in [0, 0.05) is 43.0 Å². The maximum atomic E-state index is 12.1. The lowest BCUT2D eigenvalue weighted by Gasteiger charge is -2.17. The average Bonchev–Trinajstić information content (AvgIpc) is 3.25. The number of amides is 1. The zero-order valence-electron chi connectivity index (χ0n) is 15.9. The van der Waals surface area contributed by atoms with Crippen LogP contribution in [0, 0.1) is 0 Å². The smallest absolute Gasteiger partial charge is 0.244 e. The summed E-state index contributed by atoms with van der Waals surface area (Å²) in [7, 11) is 3.20. The van der Waals surface area contributed by atoms with Gasteiger partial charge in [-0.05, 0) is 48.7 Å². The number of carbonyl (C=O) groups is 1. The Bertz CT molecular complexity index is 794. The van der Waals surface area contributed by atoms with Crippen LogP contribution in [0.25, 0.3) is 6.08 Å². The van der Waals surface area contributed by atoms with Crippen molar-refractivity contribution in [3.05, 3.63) is 59.7 Å². The molecule has 27 heavy (non-hydrogen) atoms. The third kappa shape index (κ3) is 5.03. The summed E-state index contributed by atoms with van der Waals surface area (Å²) in [6.45, 7) is 2.77. The molecule has 1 aliphatic rings. The molecule has 1 aliphatic heterocycles. The molecule has 1 fully saturated rings. The number of hydrogen-bond donors (Lipinski definition) is 1. The highest BCUT2D eigenvalue weighted by molar-refractivity contribution is 5.92. The lowest BCUT2D eigenvalue weighted by Crippen LogP contribution is -2.20. The van der Waals surface area contributed by atoms with Crippen LogP contribution in [0.3, 0.4) is 0 Å². The van der Waals surface area contributed by atoms with E-state index in [1.807, 2.05) is 12.1 Å². The highest BCUT2D eigenvalue weighted by atomic mass is 16.5. The Labute approximate surface area is 160 Å². The van der Waals surface area contributed by atoms with E-state index in [0.717, 1.165) is 24.2 Å². The van der Waals surface area contributed by atoms with Gasteiger partial charge in [-0.2, -0.15) is 0 Å². The Hall–Kier alpha value is -2.95. The van der Waals surface area contributed by atoms with Crippen molar-refractivity contribution < 1.29 is 14.3 Å². The molecule has 1 heterocycles. The highest BCUT2D eigenvalue weighted by Gasteiger charge is 2.11. The number of hydrogen-bond acceptors (Lipinski definition) is 4. The Morgan fingerprint density at radius 3 is 2.48 bits per heavy atom. The zero-order chi connectivity index (χ0) is 19.1. The molecule has 0 unspecified atom stereocenters. The van der Waals surface area contributed by atoms with E-state index < -0.39 is 0 Å². The molecule has 1 amide bonds. The lowest BCUT2D eigenvalue weighted by atomic mass is 10.1. The number of nitrogens with zero attached hydrogens (tertiary/aromatic N) is 1. The fraction of sp³-hybridized carbons (Fsp3) is 0.318. The van der Waals surface area contributed by atoms with Crippen LogP contribution in [0.2, 0.25) is 0 Å². The first kappa shape index (κ1) is 18.8. The molecule has 2 aromatic carbocycles. The first-order chi connectivity index (χ1) is 13.2. The molecule has 0 saturated carbocycles. The van der Waals surface area contributed by atoms with E-state index in [1.165, 1.54) is 24.6 Å². The third-order valence-electron chi connectivity index (χ3n) is 4.73. The Kier molecular flexibility index (Phi) is 6.36. The van der Waals surface area contributed by atoms with Crippen molar-refractivity contribution >= 4 is 17.7 Å². The minimum atomic E-state index is -0.142. The van der Waals surface area contributed by atoms with Gasteiger partial charge in [0.1, 0.15) is 11.5 Å². The van der Waals surface area contributed by atoms with Crippen molar-refractivity contribution in [1.29, 1.82) is 0 Å². The molecular weight excluding hydrogens is 340 g/mol. The Morgan fingerprint density at radius 2 is 1.81 bits per heavy atom. The van der Waals surface area contributed by atoms with E-state index in [9.17, 15) is 4.79 Å². The van der Waals surface area contributed by atoms with Crippen molar-refractivity contribution in [2.45, 2.75) is 19.4 Å². The highest BCUT2D eigenvalue weighted by Crippen LogP contribution is 2.25. The second-order valence-electron chi connectivity index (χ2n) is 6.52. The van der Waals surface area contributed by atoms with Crippen molar-refractivity contribution in [2.75, 3.05) is 32.2 Å². The molecule has 5 nitrogen and oxygen atoms in total. The standard InChI is InChI=1S/C22H26N2O3/c1-26-20-11-7-18(21(15-20)27-2)8-12-22(25)23-16-17-5-9-19(10-6-17)24-13-3-4-14-24/h5-12,15H,3-4,13-14,16H2,1-2H3,(H,23,25)/b12-8+. The molecule has 0 aliphatic carbocycles. The topological polar surface area (TPSA) is 50.8 Å². The number of methoxy groups -OCH3 is 2. The van der Waals surface area contributed by atoms with Crippen molar-refractivity contribution in [2.24, 2.45) is 0 Å². The van der Waals surface area contributed by atoms with E-state index in [1.54, 1.807) is 26.4 Å². The van der Waals surface area contributed by atoms with Crippen LogP contribution >= 0.6 is 0 Å². The van der Waals surface area contributed by atoms with Gasteiger partial charge in [0.05, 0.1) is 14.2 Å². The molecule has 0 spiro atoms. The van der Waals surface area contributed by atoms with Crippen LogP contribution in [0.4, 0.5) is 5.69 Å². The number of benzene rings is 2. The largest absolute Gasteiger partial charge is 0.497 e. The van der Waals surface area contributed by atoms with E-state index in [2.05, 4.69) is 34.5 Å². The van der Waals surface area contributed by atoms with Gasteiger partial charge in [-0.3, -0.25) is 4.79 Å². The number of ether oxygens (including phenoxy) is 2. The van der Waals surface area contributed by atoms with Gasteiger partial charge in [-0.15, -0.1) is 0 Å². The molecule has 1 N–H and O–H groups in total. The van der Waals surface area contributed by atoms with Crippen molar-refractivity contribution in [3.8, 4) is 11.5 Å². The molecule has 0 atom stereocenters. The van der Waals surface area contributed by atoms with E-state index in [-0.39, 0.29) is 5.91 Å². The molecule has 0 radical (unpaired) electrons. The number of carbonyl (C=O) groups excluding carboxylic acids is 1. The van der Waals surface area contributed by atoms with Crippen LogP contribution in [0.1, 0.15) is 24.0 Å². The van der Waals surface area contributed by atoms with Gasteiger partial charge >= 0.3 is 0 Å². The van der Waals surface area contributed by atoms with Gasteiger partial charge in [-0.1, -0.05) is 12.1 Å². The quantitative estimate of drug-likeness (QED) is 0.760. The molecular formula is C22H26N2O3. The molecule has 142 valence electrons. The van der Waals surface area contributed by atoms with Crippen molar-refractivity contribution in [1.82, 2.24) is 5.32 Å². The normalized spacial score (nSPS) is 13.8. The maximum absolute atomic E-state index is 12.1. The molecule has 0 aromatic heterocycles. The third-order valence-corrected chi connectivity index (χ3v) is 4.73. The molecule has 3 rings (SSSR count).